The van der Waals surface area contributed by atoms with E-state index >= 15 is 0 Å². The van der Waals surface area contributed by atoms with Crippen molar-refractivity contribution in [3.05, 3.63) is 0 Å². The van der Waals surface area contributed by atoms with Crippen molar-refractivity contribution in [2.45, 2.75) is 31.8 Å². The summed E-state index contributed by atoms with van der Waals surface area (Å²) < 4.78 is 5.92. The highest BCUT2D eigenvalue weighted by Crippen LogP contribution is 2.36. The zero-order chi connectivity index (χ0) is 17.2. The summed E-state index contributed by atoms with van der Waals surface area (Å²) in [6.07, 6.45) is 3.12. The van der Waals surface area contributed by atoms with E-state index in [-0.39, 0.29) is 23.3 Å². The van der Waals surface area contributed by atoms with Gasteiger partial charge in [-0.3, -0.25) is 9.69 Å². The molecular formula is C18H33N3O3. The Balaban J connectivity index is 1.52. The Morgan fingerprint density at radius 1 is 1.25 bits per heavy atom. The number of aliphatic hydroxyl groups is 1. The fourth-order valence-corrected chi connectivity index (χ4v) is 4.17. The summed E-state index contributed by atoms with van der Waals surface area (Å²) in [7, 11) is 4.23. The molecule has 0 unspecified atom stereocenters. The standard InChI is InChI=1S/C18H33N3O3/c1-19(2)7-8-20-9-10-24-14-18(13-20)3-5-21(6-4-18)17(23)15-11-16(22)12-15/h15-16,22H,3-14H2,1-2H3. The lowest BCUT2D eigenvalue weighted by molar-refractivity contribution is -0.145. The second-order valence-corrected chi connectivity index (χ2v) is 8.28. The van der Waals surface area contributed by atoms with Crippen LogP contribution in [0, 0.1) is 11.3 Å². The summed E-state index contributed by atoms with van der Waals surface area (Å²) in [4.78, 5) is 19.3. The van der Waals surface area contributed by atoms with Gasteiger partial charge in [0.15, 0.2) is 0 Å². The summed E-state index contributed by atoms with van der Waals surface area (Å²) in [6, 6.07) is 0. The molecule has 3 fully saturated rings. The maximum Gasteiger partial charge on any atom is 0.225 e. The van der Waals surface area contributed by atoms with Gasteiger partial charge >= 0.3 is 0 Å². The van der Waals surface area contributed by atoms with Crippen molar-refractivity contribution >= 4 is 5.91 Å². The van der Waals surface area contributed by atoms with Crippen LogP contribution < -0.4 is 0 Å². The van der Waals surface area contributed by atoms with Crippen LogP contribution in [0.1, 0.15) is 25.7 Å². The lowest BCUT2D eigenvalue weighted by Gasteiger charge is -2.44. The number of carbonyl (C=O) groups is 1. The number of nitrogens with zero attached hydrogens (tertiary/aromatic N) is 3. The number of hydrogen-bond acceptors (Lipinski definition) is 5. The average Bonchev–Trinajstić information content (AvgIpc) is 2.72. The smallest absolute Gasteiger partial charge is 0.225 e. The van der Waals surface area contributed by atoms with Crippen LogP contribution in [0.3, 0.4) is 0 Å². The topological polar surface area (TPSA) is 56.2 Å². The number of rotatable bonds is 4. The molecule has 2 heterocycles. The zero-order valence-corrected chi connectivity index (χ0v) is 15.2. The molecule has 0 bridgehead atoms. The maximum absolute atomic E-state index is 12.5. The lowest BCUT2D eigenvalue weighted by atomic mass is 9.77. The molecule has 2 aliphatic heterocycles. The van der Waals surface area contributed by atoms with E-state index in [0.717, 1.165) is 65.3 Å². The number of likely N-dealkylation sites (tertiary alicyclic amines) is 1. The molecule has 0 aromatic heterocycles. The van der Waals surface area contributed by atoms with Crippen LogP contribution in [-0.4, -0.2) is 98.4 Å². The molecule has 0 radical (unpaired) electrons. The molecule has 1 N–H and O–H groups in total. The van der Waals surface area contributed by atoms with Crippen LogP contribution >= 0.6 is 0 Å². The van der Waals surface area contributed by atoms with Gasteiger partial charge in [-0.25, -0.2) is 0 Å². The van der Waals surface area contributed by atoms with Gasteiger partial charge in [-0.2, -0.15) is 0 Å². The van der Waals surface area contributed by atoms with E-state index in [9.17, 15) is 9.90 Å². The first-order chi connectivity index (χ1) is 11.5. The zero-order valence-electron chi connectivity index (χ0n) is 15.2. The number of amides is 1. The molecule has 3 aliphatic rings. The van der Waals surface area contributed by atoms with E-state index in [4.69, 9.17) is 4.74 Å². The SMILES string of the molecule is CN(C)CCN1CCOCC2(CCN(C(=O)C3CC(O)C3)CC2)C1. The summed E-state index contributed by atoms with van der Waals surface area (Å²) in [5.74, 6) is 0.324. The van der Waals surface area contributed by atoms with E-state index in [1.54, 1.807) is 0 Å². The third-order valence-electron chi connectivity index (χ3n) is 5.98. The van der Waals surface area contributed by atoms with Gasteiger partial charge in [0.1, 0.15) is 0 Å². The summed E-state index contributed by atoms with van der Waals surface area (Å²) >= 11 is 0. The van der Waals surface area contributed by atoms with E-state index in [1.807, 2.05) is 4.90 Å². The van der Waals surface area contributed by atoms with Gasteiger partial charge in [0.2, 0.25) is 5.91 Å². The number of likely N-dealkylation sites (N-methyl/N-ethyl adjacent to an activating group) is 1. The largest absolute Gasteiger partial charge is 0.393 e. The summed E-state index contributed by atoms with van der Waals surface area (Å²) in [5, 5.41) is 9.42. The number of piperidine rings is 1. The normalized spacial score (nSPS) is 31.1. The maximum atomic E-state index is 12.5. The highest BCUT2D eigenvalue weighted by atomic mass is 16.5. The van der Waals surface area contributed by atoms with Crippen LogP contribution in [0.4, 0.5) is 0 Å². The Labute approximate surface area is 145 Å². The Bertz CT molecular complexity index is 429. The minimum atomic E-state index is -0.254. The minimum absolute atomic E-state index is 0.0658. The second-order valence-electron chi connectivity index (χ2n) is 8.28. The predicted octanol–water partition coefficient (Wildman–Crippen LogP) is 0.260. The van der Waals surface area contributed by atoms with E-state index < -0.39 is 0 Å². The van der Waals surface area contributed by atoms with Crippen molar-refractivity contribution in [3.8, 4) is 0 Å². The van der Waals surface area contributed by atoms with Gasteiger partial charge in [-0.15, -0.1) is 0 Å². The molecule has 1 amide bonds. The molecule has 6 nitrogen and oxygen atoms in total. The number of carbonyl (C=O) groups excluding carboxylic acids is 1. The quantitative estimate of drug-likeness (QED) is 0.796. The molecule has 0 atom stereocenters. The Morgan fingerprint density at radius 3 is 2.58 bits per heavy atom. The van der Waals surface area contributed by atoms with Crippen LogP contribution in [0.25, 0.3) is 0 Å². The molecule has 138 valence electrons. The minimum Gasteiger partial charge on any atom is -0.393 e. The Hall–Kier alpha value is -0.690. The highest BCUT2D eigenvalue weighted by Gasteiger charge is 2.42. The van der Waals surface area contributed by atoms with E-state index in [0.29, 0.717) is 12.8 Å². The molecular weight excluding hydrogens is 306 g/mol. The fraction of sp³-hybridized carbons (Fsp3) is 0.944. The molecule has 6 heteroatoms. The van der Waals surface area contributed by atoms with Gasteiger partial charge in [-0.1, -0.05) is 0 Å². The van der Waals surface area contributed by atoms with Gasteiger partial charge in [-0.05, 0) is 39.8 Å². The van der Waals surface area contributed by atoms with Crippen molar-refractivity contribution < 1.29 is 14.6 Å². The lowest BCUT2D eigenvalue weighted by Crippen LogP contribution is -2.52. The average molecular weight is 339 g/mol. The number of ether oxygens (including phenoxy) is 1. The molecule has 0 aromatic carbocycles. The van der Waals surface area contributed by atoms with E-state index in [1.165, 1.54) is 0 Å². The van der Waals surface area contributed by atoms with Crippen molar-refractivity contribution in [2.24, 2.45) is 11.3 Å². The van der Waals surface area contributed by atoms with Gasteiger partial charge in [0, 0.05) is 50.6 Å². The summed E-state index contributed by atoms with van der Waals surface area (Å²) in [6.45, 7) is 7.59. The molecule has 24 heavy (non-hydrogen) atoms. The fourth-order valence-electron chi connectivity index (χ4n) is 4.17. The van der Waals surface area contributed by atoms with Crippen LogP contribution in [0.2, 0.25) is 0 Å². The van der Waals surface area contributed by atoms with Gasteiger partial charge in [0.05, 0.1) is 19.3 Å². The van der Waals surface area contributed by atoms with Gasteiger partial charge in [0.25, 0.3) is 0 Å². The first kappa shape index (κ1) is 18.1. The Kier molecular flexibility index (Phi) is 5.80. The summed E-state index contributed by atoms with van der Waals surface area (Å²) in [5.41, 5.74) is 0.207. The van der Waals surface area contributed by atoms with Crippen molar-refractivity contribution in [3.63, 3.8) is 0 Å². The van der Waals surface area contributed by atoms with Crippen LogP contribution in [0.5, 0.6) is 0 Å². The monoisotopic (exact) mass is 339 g/mol. The van der Waals surface area contributed by atoms with Crippen molar-refractivity contribution in [1.82, 2.24) is 14.7 Å². The third-order valence-corrected chi connectivity index (χ3v) is 5.98. The third kappa shape index (κ3) is 4.28. The van der Waals surface area contributed by atoms with E-state index in [2.05, 4.69) is 23.9 Å². The van der Waals surface area contributed by atoms with Crippen molar-refractivity contribution in [2.75, 3.05) is 66.6 Å². The molecule has 1 aliphatic carbocycles. The first-order valence-electron chi connectivity index (χ1n) is 9.39. The highest BCUT2D eigenvalue weighted by molar-refractivity contribution is 5.80. The number of hydrogen-bond donors (Lipinski definition) is 1. The molecule has 3 rings (SSSR count). The molecule has 2 saturated heterocycles. The molecule has 1 saturated carbocycles. The second kappa shape index (κ2) is 7.68. The van der Waals surface area contributed by atoms with Crippen LogP contribution in [0.15, 0.2) is 0 Å². The molecule has 0 aromatic rings. The number of aliphatic hydroxyl groups excluding tert-OH is 1. The first-order valence-corrected chi connectivity index (χ1v) is 9.39. The van der Waals surface area contributed by atoms with Gasteiger partial charge < -0.3 is 19.6 Å². The van der Waals surface area contributed by atoms with Crippen LogP contribution in [-0.2, 0) is 9.53 Å². The Morgan fingerprint density at radius 2 is 1.96 bits per heavy atom. The molecule has 1 spiro atoms. The predicted molar refractivity (Wildman–Crippen MR) is 92.8 cm³/mol. The van der Waals surface area contributed by atoms with Crippen molar-refractivity contribution in [1.29, 1.82) is 0 Å².